The molecule has 2 aromatic rings. The van der Waals surface area contributed by atoms with E-state index >= 15 is 0 Å². The van der Waals surface area contributed by atoms with E-state index in [1.54, 1.807) is 0 Å². The number of halogens is 2. The monoisotopic (exact) mass is 388 g/mol. The van der Waals surface area contributed by atoms with Crippen LogP contribution in [0, 0.1) is 5.92 Å². The Morgan fingerprint density at radius 3 is 2.69 bits per heavy atom. The molecule has 0 N–H and O–H groups in total. The van der Waals surface area contributed by atoms with Crippen LogP contribution in [0.5, 0.6) is 0 Å². The molecule has 2 aliphatic rings. The molecular weight excluding hydrogens is 367 g/mol. The minimum atomic E-state index is -0.562. The molecule has 2 aliphatic carbocycles. The lowest BCUT2D eigenvalue weighted by Crippen LogP contribution is -2.23. The first-order valence-corrected chi connectivity index (χ1v) is 9.70. The summed E-state index contributed by atoms with van der Waals surface area (Å²) in [4.78, 5) is 1.42. The van der Waals surface area contributed by atoms with E-state index in [0.717, 1.165) is 41.4 Å². The molecule has 0 saturated heterocycles. The second-order valence-corrected chi connectivity index (χ2v) is 8.48. The minimum absolute atomic E-state index is 0.376. The lowest BCUT2D eigenvalue weighted by molar-refractivity contribution is 0.414. The molecular formula is C21H22Cl2N2O. The van der Waals surface area contributed by atoms with Crippen molar-refractivity contribution in [3.8, 4) is 0 Å². The maximum Gasteiger partial charge on any atom is 0.230 e. The maximum absolute atomic E-state index is 6.89. The van der Waals surface area contributed by atoms with E-state index in [-0.39, 0.29) is 0 Å². The van der Waals surface area contributed by atoms with Gasteiger partial charge in [-0.05, 0) is 36.3 Å². The summed E-state index contributed by atoms with van der Waals surface area (Å²) in [6.07, 6.45) is 7.71. The molecule has 1 aromatic heterocycles. The van der Waals surface area contributed by atoms with Crippen LogP contribution in [-0.4, -0.2) is 19.3 Å². The van der Waals surface area contributed by atoms with Gasteiger partial charge < -0.3 is 9.42 Å². The summed E-state index contributed by atoms with van der Waals surface area (Å²) in [6, 6.07) is 10.1. The fourth-order valence-corrected chi connectivity index (χ4v) is 4.80. The van der Waals surface area contributed by atoms with Crippen LogP contribution in [-0.2, 0) is 17.7 Å². The van der Waals surface area contributed by atoms with Gasteiger partial charge in [0.15, 0.2) is 0 Å². The van der Waals surface area contributed by atoms with Crippen molar-refractivity contribution in [2.45, 2.75) is 30.6 Å². The second-order valence-electron chi connectivity index (χ2n) is 7.35. The summed E-state index contributed by atoms with van der Waals surface area (Å²) in [5.41, 5.74) is 4.57. The zero-order valence-electron chi connectivity index (χ0n) is 15.0. The highest BCUT2D eigenvalue weighted by atomic mass is 35.5. The molecule has 0 fully saturated rings. The van der Waals surface area contributed by atoms with Gasteiger partial charge >= 0.3 is 0 Å². The fraction of sp³-hybridized carbons (Fsp3) is 0.381. The molecule has 136 valence electrons. The van der Waals surface area contributed by atoms with E-state index in [0.29, 0.717) is 12.3 Å². The minimum Gasteiger partial charge on any atom is -0.347 e. The highest BCUT2D eigenvalue weighted by Crippen LogP contribution is 2.46. The first kappa shape index (κ1) is 17.7. The van der Waals surface area contributed by atoms with Gasteiger partial charge in [-0.3, -0.25) is 0 Å². The Bertz CT molecular complexity index is 869. The molecule has 0 bridgehead atoms. The van der Waals surface area contributed by atoms with Gasteiger partial charge in [-0.2, -0.15) is 0 Å². The lowest BCUT2D eigenvalue weighted by Gasteiger charge is -2.32. The average molecular weight is 389 g/mol. The Balaban J connectivity index is 1.59. The Morgan fingerprint density at radius 1 is 1.23 bits per heavy atom. The highest BCUT2D eigenvalue weighted by Gasteiger charge is 2.35. The van der Waals surface area contributed by atoms with Crippen molar-refractivity contribution in [2.24, 2.45) is 5.92 Å². The molecule has 2 unspecified atom stereocenters. The van der Waals surface area contributed by atoms with E-state index in [9.17, 15) is 0 Å². The highest BCUT2D eigenvalue weighted by molar-refractivity contribution is 6.32. The van der Waals surface area contributed by atoms with Gasteiger partial charge in [-0.15, -0.1) is 11.6 Å². The Morgan fingerprint density at radius 2 is 2.00 bits per heavy atom. The van der Waals surface area contributed by atoms with Gasteiger partial charge in [-0.1, -0.05) is 59.2 Å². The van der Waals surface area contributed by atoms with Gasteiger partial charge in [0.1, 0.15) is 0 Å². The zero-order valence-corrected chi connectivity index (χ0v) is 16.5. The summed E-state index contributed by atoms with van der Waals surface area (Å²) in [5.74, 6) is 1.23. The number of fused-ring (bicyclic) bond motifs is 1. The fourth-order valence-electron chi connectivity index (χ4n) is 3.98. The molecule has 0 radical (unpaired) electrons. The van der Waals surface area contributed by atoms with Crippen molar-refractivity contribution in [2.75, 3.05) is 19.0 Å². The molecule has 2 atom stereocenters. The second kappa shape index (κ2) is 6.79. The Hall–Kier alpha value is -1.71. The maximum atomic E-state index is 6.89. The standard InChI is InChI=1S/C21H22Cl2N2O/c1-25(2)20-17-12-14(8-9-19(17)24-26-20)16-10-11-21(23,13-18(16)22)15-6-4-3-5-7-15/h3-7,10-11,14H,8-9,12-13H2,1-2H3. The predicted octanol–water partition coefficient (Wildman–Crippen LogP) is 5.43. The van der Waals surface area contributed by atoms with E-state index in [1.165, 1.54) is 11.1 Å². The molecule has 0 aliphatic heterocycles. The summed E-state index contributed by atoms with van der Waals surface area (Å²) in [6.45, 7) is 0. The van der Waals surface area contributed by atoms with Gasteiger partial charge in [-0.25, -0.2) is 0 Å². The predicted molar refractivity (Wildman–Crippen MR) is 107 cm³/mol. The number of aromatic nitrogens is 1. The smallest absolute Gasteiger partial charge is 0.230 e. The third-order valence-electron chi connectivity index (χ3n) is 5.38. The van der Waals surface area contributed by atoms with Crippen molar-refractivity contribution in [1.82, 2.24) is 5.16 Å². The zero-order chi connectivity index (χ0) is 18.3. The number of rotatable bonds is 3. The van der Waals surface area contributed by atoms with Crippen LogP contribution in [0.25, 0.3) is 0 Å². The number of benzene rings is 1. The number of anilines is 1. The molecule has 5 heteroatoms. The van der Waals surface area contributed by atoms with E-state index in [4.69, 9.17) is 27.7 Å². The third-order valence-corrected chi connectivity index (χ3v) is 6.21. The van der Waals surface area contributed by atoms with Crippen molar-refractivity contribution in [3.05, 3.63) is 69.9 Å². The molecule has 0 amide bonds. The van der Waals surface area contributed by atoms with E-state index in [1.807, 2.05) is 37.2 Å². The first-order valence-electron chi connectivity index (χ1n) is 8.95. The van der Waals surface area contributed by atoms with Crippen LogP contribution < -0.4 is 4.90 Å². The number of allylic oxidation sites excluding steroid dienone is 4. The Labute approximate surface area is 164 Å². The van der Waals surface area contributed by atoms with E-state index in [2.05, 4.69) is 29.4 Å². The summed E-state index contributed by atoms with van der Waals surface area (Å²) in [7, 11) is 3.97. The van der Waals surface area contributed by atoms with E-state index < -0.39 is 4.87 Å². The van der Waals surface area contributed by atoms with Gasteiger partial charge in [0, 0.05) is 31.1 Å². The quantitative estimate of drug-likeness (QED) is 0.656. The molecule has 0 spiro atoms. The normalized spacial score (nSPS) is 25.3. The number of alkyl halides is 1. The van der Waals surface area contributed by atoms with Crippen LogP contribution in [0.1, 0.15) is 29.7 Å². The lowest BCUT2D eigenvalue weighted by atomic mass is 9.78. The number of hydrogen-bond acceptors (Lipinski definition) is 3. The summed E-state index contributed by atoms with van der Waals surface area (Å²) >= 11 is 13.6. The Kier molecular flexibility index (Phi) is 4.62. The molecule has 0 saturated carbocycles. The SMILES string of the molecule is CN(C)c1onc2c1CC(C1=C(Cl)CC(Cl)(c3ccccc3)C=C1)CC2. The molecule has 1 aromatic carbocycles. The van der Waals surface area contributed by atoms with Crippen LogP contribution in [0.3, 0.4) is 0 Å². The number of aryl methyl sites for hydroxylation is 1. The van der Waals surface area contributed by atoms with Crippen LogP contribution in [0.4, 0.5) is 5.88 Å². The van der Waals surface area contributed by atoms with Gasteiger partial charge in [0.2, 0.25) is 5.88 Å². The summed E-state index contributed by atoms with van der Waals surface area (Å²) < 4.78 is 5.52. The number of hydrogen-bond donors (Lipinski definition) is 0. The topological polar surface area (TPSA) is 29.3 Å². The van der Waals surface area contributed by atoms with Crippen molar-refractivity contribution < 1.29 is 4.52 Å². The largest absolute Gasteiger partial charge is 0.347 e. The first-order chi connectivity index (χ1) is 12.5. The number of nitrogens with zero attached hydrogens (tertiary/aromatic N) is 2. The van der Waals surface area contributed by atoms with Crippen LogP contribution >= 0.6 is 23.2 Å². The molecule has 3 nitrogen and oxygen atoms in total. The van der Waals surface area contributed by atoms with Crippen molar-refractivity contribution in [1.29, 1.82) is 0 Å². The third kappa shape index (κ3) is 3.08. The van der Waals surface area contributed by atoms with Gasteiger partial charge in [0.25, 0.3) is 0 Å². The molecule has 4 rings (SSSR count). The van der Waals surface area contributed by atoms with Crippen LogP contribution in [0.15, 0.2) is 57.6 Å². The molecule has 1 heterocycles. The van der Waals surface area contributed by atoms with Gasteiger partial charge in [0.05, 0.1) is 10.6 Å². The molecule has 26 heavy (non-hydrogen) atoms. The summed E-state index contributed by atoms with van der Waals surface area (Å²) in [5, 5.41) is 5.10. The van der Waals surface area contributed by atoms with Crippen LogP contribution in [0.2, 0.25) is 0 Å². The van der Waals surface area contributed by atoms with Crippen molar-refractivity contribution in [3.63, 3.8) is 0 Å². The average Bonchev–Trinajstić information content (AvgIpc) is 3.06. The van der Waals surface area contributed by atoms with Crippen molar-refractivity contribution >= 4 is 29.1 Å².